The number of hydrogen-bond donors (Lipinski definition) is 4. The van der Waals surface area contributed by atoms with Crippen LogP contribution in [0.5, 0.6) is 0 Å². The molecule has 1 aromatic rings. The van der Waals surface area contributed by atoms with Crippen LogP contribution in [0.1, 0.15) is 56.9 Å². The standard InChI is InChI=1S/C22H35FN2O2.C2H2O4/c23-21-10-4-3-9-19(21)16-27-17-20(26)15-24-18-22(11-5-1-6-12-22)25-13-7-2-8-14-25;3-1(4)2(5)6/h3-4,9-10,20,24,26H,1-2,5-8,11-18H2;(H,3,4)(H,5,6). The lowest BCUT2D eigenvalue weighted by Gasteiger charge is -2.48. The van der Waals surface area contributed by atoms with Crippen molar-refractivity contribution < 1.29 is 34.0 Å². The summed E-state index contributed by atoms with van der Waals surface area (Å²) in [5.74, 6) is -3.91. The SMILES string of the molecule is O=C(O)C(=O)O.OC(CNCC1(N2CCCCC2)CCCCC1)COCc1ccccc1F. The molecule has 1 aromatic carbocycles. The predicted molar refractivity (Wildman–Crippen MR) is 121 cm³/mol. The molecule has 1 aliphatic heterocycles. The summed E-state index contributed by atoms with van der Waals surface area (Å²) in [4.78, 5) is 20.9. The molecule has 4 N–H and O–H groups in total. The van der Waals surface area contributed by atoms with E-state index in [1.54, 1.807) is 18.2 Å². The smallest absolute Gasteiger partial charge is 0.414 e. The Morgan fingerprint density at radius 1 is 1.03 bits per heavy atom. The van der Waals surface area contributed by atoms with Gasteiger partial charge in [0.25, 0.3) is 0 Å². The minimum atomic E-state index is -1.82. The third kappa shape index (κ3) is 9.37. The van der Waals surface area contributed by atoms with Gasteiger partial charge in [0.05, 0.1) is 19.3 Å². The molecule has 1 heterocycles. The number of piperidine rings is 1. The summed E-state index contributed by atoms with van der Waals surface area (Å²) >= 11 is 0. The predicted octanol–water partition coefficient (Wildman–Crippen LogP) is 2.64. The van der Waals surface area contributed by atoms with Crippen LogP contribution in [0.15, 0.2) is 24.3 Å². The Morgan fingerprint density at radius 3 is 2.24 bits per heavy atom. The second-order valence-electron chi connectivity index (χ2n) is 8.83. The Labute approximate surface area is 194 Å². The van der Waals surface area contributed by atoms with Crippen molar-refractivity contribution in [2.75, 3.05) is 32.8 Å². The molecular weight excluding hydrogens is 431 g/mol. The molecule has 9 heteroatoms. The van der Waals surface area contributed by atoms with Crippen molar-refractivity contribution >= 4 is 11.9 Å². The Morgan fingerprint density at radius 2 is 1.64 bits per heavy atom. The normalized spacial score (nSPS) is 19.2. The van der Waals surface area contributed by atoms with E-state index >= 15 is 0 Å². The van der Waals surface area contributed by atoms with Crippen molar-refractivity contribution in [2.45, 2.75) is 69.6 Å². The van der Waals surface area contributed by atoms with Crippen molar-refractivity contribution in [1.29, 1.82) is 0 Å². The number of carboxylic acid groups (broad SMARTS) is 2. The van der Waals surface area contributed by atoms with E-state index in [1.807, 2.05) is 0 Å². The Kier molecular flexibility index (Phi) is 11.7. The first kappa shape index (κ1) is 27.2. The third-order valence-electron chi connectivity index (χ3n) is 6.35. The summed E-state index contributed by atoms with van der Waals surface area (Å²) in [6, 6.07) is 6.61. The fourth-order valence-corrected chi connectivity index (χ4v) is 4.63. The summed E-state index contributed by atoms with van der Waals surface area (Å²) < 4.78 is 19.1. The fourth-order valence-electron chi connectivity index (χ4n) is 4.63. The average Bonchev–Trinajstić information content (AvgIpc) is 2.82. The van der Waals surface area contributed by atoms with Crippen molar-refractivity contribution in [3.63, 3.8) is 0 Å². The molecule has 1 saturated heterocycles. The quantitative estimate of drug-likeness (QED) is 0.409. The molecule has 186 valence electrons. The number of aliphatic hydroxyl groups excluding tert-OH is 1. The molecule has 0 bridgehead atoms. The summed E-state index contributed by atoms with van der Waals surface area (Å²) in [5.41, 5.74) is 0.802. The molecule has 33 heavy (non-hydrogen) atoms. The van der Waals surface area contributed by atoms with Crippen LogP contribution < -0.4 is 5.32 Å². The van der Waals surface area contributed by atoms with Gasteiger partial charge in [0.2, 0.25) is 0 Å². The number of carbonyl (C=O) groups is 2. The van der Waals surface area contributed by atoms with Gasteiger partial charge in [0.1, 0.15) is 5.82 Å². The maximum atomic E-state index is 13.6. The van der Waals surface area contributed by atoms with Crippen LogP contribution in [0, 0.1) is 5.82 Å². The number of nitrogens with zero attached hydrogens (tertiary/aromatic N) is 1. The molecule has 3 rings (SSSR count). The second-order valence-corrected chi connectivity index (χ2v) is 8.83. The van der Waals surface area contributed by atoms with Gasteiger partial charge in [0, 0.05) is 24.2 Å². The molecule has 0 aromatic heterocycles. The average molecular weight is 469 g/mol. The molecule has 1 aliphatic carbocycles. The van der Waals surface area contributed by atoms with Gasteiger partial charge in [-0.1, -0.05) is 43.9 Å². The molecule has 0 amide bonds. The third-order valence-corrected chi connectivity index (χ3v) is 6.35. The number of likely N-dealkylation sites (tertiary alicyclic amines) is 1. The van der Waals surface area contributed by atoms with Crippen LogP contribution in [-0.2, 0) is 20.9 Å². The van der Waals surface area contributed by atoms with Crippen LogP contribution in [-0.4, -0.2) is 76.6 Å². The monoisotopic (exact) mass is 468 g/mol. The Hall–Kier alpha value is -2.07. The van der Waals surface area contributed by atoms with Crippen molar-refractivity contribution in [2.24, 2.45) is 0 Å². The van der Waals surface area contributed by atoms with E-state index in [4.69, 9.17) is 24.5 Å². The number of rotatable bonds is 9. The Balaban J connectivity index is 0.000000569. The first-order valence-corrected chi connectivity index (χ1v) is 11.8. The number of aliphatic hydroxyl groups is 1. The molecule has 0 spiro atoms. The van der Waals surface area contributed by atoms with E-state index in [1.165, 1.54) is 70.5 Å². The van der Waals surface area contributed by atoms with Gasteiger partial charge in [-0.3, -0.25) is 4.90 Å². The molecule has 2 fully saturated rings. The van der Waals surface area contributed by atoms with E-state index < -0.39 is 18.0 Å². The van der Waals surface area contributed by atoms with Crippen LogP contribution in [0.3, 0.4) is 0 Å². The Bertz CT molecular complexity index is 723. The largest absolute Gasteiger partial charge is 0.473 e. The van der Waals surface area contributed by atoms with Crippen LogP contribution >= 0.6 is 0 Å². The van der Waals surface area contributed by atoms with E-state index in [0.29, 0.717) is 12.1 Å². The van der Waals surface area contributed by atoms with Gasteiger partial charge in [-0.05, 0) is 44.8 Å². The van der Waals surface area contributed by atoms with Crippen molar-refractivity contribution in [1.82, 2.24) is 10.2 Å². The van der Waals surface area contributed by atoms with Crippen LogP contribution in [0.25, 0.3) is 0 Å². The minimum absolute atomic E-state index is 0.196. The molecule has 1 saturated carbocycles. The number of ether oxygens (including phenoxy) is 1. The molecule has 1 unspecified atom stereocenters. The molecule has 1 atom stereocenters. The lowest BCUT2D eigenvalue weighted by molar-refractivity contribution is -0.159. The van der Waals surface area contributed by atoms with Gasteiger partial charge >= 0.3 is 11.9 Å². The second kappa shape index (κ2) is 14.2. The molecular formula is C24H37FN2O6. The number of aliphatic carboxylic acids is 2. The lowest BCUT2D eigenvalue weighted by Crippen LogP contribution is -2.58. The topological polar surface area (TPSA) is 119 Å². The van der Waals surface area contributed by atoms with Gasteiger partial charge in [-0.25, -0.2) is 14.0 Å². The van der Waals surface area contributed by atoms with Gasteiger partial charge in [-0.2, -0.15) is 0 Å². The maximum absolute atomic E-state index is 13.6. The minimum Gasteiger partial charge on any atom is -0.473 e. The van der Waals surface area contributed by atoms with E-state index in [0.717, 1.165) is 6.54 Å². The number of carboxylic acids is 2. The summed E-state index contributed by atoms with van der Waals surface area (Å²) in [6.07, 6.45) is 9.92. The highest BCUT2D eigenvalue weighted by Crippen LogP contribution is 2.35. The number of benzene rings is 1. The van der Waals surface area contributed by atoms with Crippen LogP contribution in [0.4, 0.5) is 4.39 Å². The van der Waals surface area contributed by atoms with Gasteiger partial charge in [0.15, 0.2) is 0 Å². The molecule has 8 nitrogen and oxygen atoms in total. The van der Waals surface area contributed by atoms with Crippen LogP contribution in [0.2, 0.25) is 0 Å². The lowest BCUT2D eigenvalue weighted by atomic mass is 9.79. The highest BCUT2D eigenvalue weighted by atomic mass is 19.1. The fraction of sp³-hybridized carbons (Fsp3) is 0.667. The summed E-state index contributed by atoms with van der Waals surface area (Å²) in [7, 11) is 0. The van der Waals surface area contributed by atoms with Crippen molar-refractivity contribution in [3.8, 4) is 0 Å². The maximum Gasteiger partial charge on any atom is 0.414 e. The number of nitrogens with one attached hydrogen (secondary N) is 1. The van der Waals surface area contributed by atoms with E-state index in [2.05, 4.69) is 10.2 Å². The van der Waals surface area contributed by atoms with Gasteiger partial charge in [-0.15, -0.1) is 0 Å². The first-order chi connectivity index (χ1) is 15.8. The summed E-state index contributed by atoms with van der Waals surface area (Å²) in [5, 5.41) is 28.5. The van der Waals surface area contributed by atoms with E-state index in [9.17, 15) is 9.50 Å². The summed E-state index contributed by atoms with van der Waals surface area (Å²) in [6.45, 7) is 4.32. The highest BCUT2D eigenvalue weighted by molar-refractivity contribution is 6.27. The van der Waals surface area contributed by atoms with Crippen molar-refractivity contribution in [3.05, 3.63) is 35.6 Å². The first-order valence-electron chi connectivity index (χ1n) is 11.8. The van der Waals surface area contributed by atoms with E-state index in [-0.39, 0.29) is 24.6 Å². The highest BCUT2D eigenvalue weighted by Gasteiger charge is 2.37. The van der Waals surface area contributed by atoms with Gasteiger partial charge < -0.3 is 25.4 Å². The number of halogens is 1. The molecule has 2 aliphatic rings. The zero-order valence-electron chi connectivity index (χ0n) is 19.2. The molecule has 0 radical (unpaired) electrons. The number of hydrogen-bond acceptors (Lipinski definition) is 6. The zero-order chi connectivity index (χ0) is 24.1. The zero-order valence-corrected chi connectivity index (χ0v) is 19.2.